The van der Waals surface area contributed by atoms with Crippen LogP contribution in [0.5, 0.6) is 5.75 Å². The van der Waals surface area contributed by atoms with Crippen LogP contribution in [0.4, 0.5) is 0 Å². The maximum absolute atomic E-state index is 12.6. The summed E-state index contributed by atoms with van der Waals surface area (Å²) in [5.74, 6) is 3.56. The van der Waals surface area contributed by atoms with E-state index < -0.39 is 0 Å². The number of benzene rings is 1. The highest BCUT2D eigenvalue weighted by atomic mass is 16.5. The topological polar surface area (TPSA) is 26.3 Å². The predicted octanol–water partition coefficient (Wildman–Crippen LogP) is 8.52. The fraction of sp³-hybridized carbons (Fsp3) is 0.759. The molecule has 0 N–H and O–H groups in total. The summed E-state index contributed by atoms with van der Waals surface area (Å²) in [4.78, 5) is 12.6. The molecule has 0 heterocycles. The maximum Gasteiger partial charge on any atom is 0.314 e. The first kappa shape index (κ1) is 24.3. The van der Waals surface area contributed by atoms with Crippen LogP contribution in [0, 0.1) is 23.7 Å². The van der Waals surface area contributed by atoms with Crippen molar-refractivity contribution in [2.24, 2.45) is 23.7 Å². The summed E-state index contributed by atoms with van der Waals surface area (Å²) in [6, 6.07) is 8.09. The lowest BCUT2D eigenvalue weighted by Crippen LogP contribution is -2.30. The SMILES string of the molecule is CCCCCCCC1CCC(C2CCC(C(=O)Oc3ccc(CCC)cc3)CC2)CC1. The summed E-state index contributed by atoms with van der Waals surface area (Å²) < 4.78 is 5.70. The Hall–Kier alpha value is -1.31. The van der Waals surface area contributed by atoms with Gasteiger partial charge in [0.05, 0.1) is 5.92 Å². The van der Waals surface area contributed by atoms with Crippen LogP contribution in [0.25, 0.3) is 0 Å². The number of hydrogen-bond donors (Lipinski definition) is 0. The van der Waals surface area contributed by atoms with E-state index in [-0.39, 0.29) is 11.9 Å². The minimum Gasteiger partial charge on any atom is -0.426 e. The highest BCUT2D eigenvalue weighted by molar-refractivity contribution is 5.75. The zero-order chi connectivity index (χ0) is 21.9. The quantitative estimate of drug-likeness (QED) is 0.201. The molecule has 0 bridgehead atoms. The number of hydrogen-bond acceptors (Lipinski definition) is 2. The van der Waals surface area contributed by atoms with Crippen LogP contribution in [-0.4, -0.2) is 5.97 Å². The molecule has 2 heteroatoms. The monoisotopic (exact) mass is 426 g/mol. The molecule has 0 spiro atoms. The fourth-order valence-corrected chi connectivity index (χ4v) is 6.02. The van der Waals surface area contributed by atoms with E-state index in [1.165, 1.54) is 82.6 Å². The Balaban J connectivity index is 1.33. The first-order valence-electron chi connectivity index (χ1n) is 13.5. The molecule has 3 rings (SSSR count). The van der Waals surface area contributed by atoms with E-state index in [4.69, 9.17) is 4.74 Å². The van der Waals surface area contributed by atoms with Crippen molar-refractivity contribution in [3.8, 4) is 5.75 Å². The van der Waals surface area contributed by atoms with Gasteiger partial charge in [0.25, 0.3) is 0 Å². The molecule has 0 aliphatic heterocycles. The molecule has 0 aromatic heterocycles. The van der Waals surface area contributed by atoms with E-state index >= 15 is 0 Å². The van der Waals surface area contributed by atoms with Gasteiger partial charge in [-0.2, -0.15) is 0 Å². The molecular weight excluding hydrogens is 380 g/mol. The largest absolute Gasteiger partial charge is 0.426 e. The second-order valence-electron chi connectivity index (χ2n) is 10.4. The van der Waals surface area contributed by atoms with Gasteiger partial charge in [-0.25, -0.2) is 0 Å². The first-order chi connectivity index (χ1) is 15.2. The number of carbonyl (C=O) groups excluding carboxylic acids is 1. The van der Waals surface area contributed by atoms with Gasteiger partial charge in [0.15, 0.2) is 0 Å². The van der Waals surface area contributed by atoms with Gasteiger partial charge in [0.1, 0.15) is 5.75 Å². The van der Waals surface area contributed by atoms with Crippen molar-refractivity contribution in [3.63, 3.8) is 0 Å². The molecule has 2 nitrogen and oxygen atoms in total. The van der Waals surface area contributed by atoms with Gasteiger partial charge < -0.3 is 4.74 Å². The average molecular weight is 427 g/mol. The molecule has 2 aliphatic carbocycles. The highest BCUT2D eigenvalue weighted by Crippen LogP contribution is 2.42. The Kier molecular flexibility index (Phi) is 10.4. The number of aryl methyl sites for hydroxylation is 1. The summed E-state index contributed by atoms with van der Waals surface area (Å²) in [6.45, 7) is 4.48. The van der Waals surface area contributed by atoms with E-state index in [2.05, 4.69) is 26.0 Å². The summed E-state index contributed by atoms with van der Waals surface area (Å²) in [5.41, 5.74) is 1.31. The molecule has 0 radical (unpaired) electrons. The van der Waals surface area contributed by atoms with Gasteiger partial charge in [-0.3, -0.25) is 4.79 Å². The Morgan fingerprint density at radius 2 is 1.39 bits per heavy atom. The van der Waals surface area contributed by atoms with Crippen LogP contribution in [0.1, 0.15) is 116 Å². The molecular formula is C29H46O2. The summed E-state index contributed by atoms with van der Waals surface area (Å²) in [7, 11) is 0. The van der Waals surface area contributed by atoms with E-state index in [1.54, 1.807) is 0 Å². The van der Waals surface area contributed by atoms with E-state index in [0.29, 0.717) is 5.75 Å². The van der Waals surface area contributed by atoms with Crippen LogP contribution in [-0.2, 0) is 11.2 Å². The van der Waals surface area contributed by atoms with Crippen LogP contribution >= 0.6 is 0 Å². The van der Waals surface area contributed by atoms with Crippen molar-refractivity contribution in [2.75, 3.05) is 0 Å². The number of ether oxygens (including phenoxy) is 1. The zero-order valence-corrected chi connectivity index (χ0v) is 20.2. The van der Waals surface area contributed by atoms with E-state index in [9.17, 15) is 4.79 Å². The predicted molar refractivity (Wildman–Crippen MR) is 130 cm³/mol. The van der Waals surface area contributed by atoms with Crippen molar-refractivity contribution < 1.29 is 9.53 Å². The standard InChI is InChI=1S/C29H46O2/c1-3-5-6-7-8-10-24-11-15-25(16-12-24)26-17-19-27(20-18-26)29(30)31-28-21-13-23(9-4-2)14-22-28/h13-14,21-22,24-27H,3-12,15-20H2,1-2H3. The highest BCUT2D eigenvalue weighted by Gasteiger charge is 2.33. The van der Waals surface area contributed by atoms with Gasteiger partial charge in [0.2, 0.25) is 0 Å². The summed E-state index contributed by atoms with van der Waals surface area (Å²) >= 11 is 0. The Morgan fingerprint density at radius 3 is 2.00 bits per heavy atom. The minimum atomic E-state index is -0.00604. The van der Waals surface area contributed by atoms with Gasteiger partial charge in [0, 0.05) is 0 Å². The third-order valence-corrected chi connectivity index (χ3v) is 8.06. The third kappa shape index (κ3) is 7.95. The average Bonchev–Trinajstić information content (AvgIpc) is 2.81. The molecule has 2 saturated carbocycles. The van der Waals surface area contributed by atoms with Crippen molar-refractivity contribution in [1.29, 1.82) is 0 Å². The molecule has 1 aromatic rings. The second kappa shape index (κ2) is 13.3. The van der Waals surface area contributed by atoms with Crippen LogP contribution in [0.2, 0.25) is 0 Å². The summed E-state index contributed by atoms with van der Waals surface area (Å²) in [6.07, 6.45) is 21.0. The van der Waals surface area contributed by atoms with E-state index in [0.717, 1.165) is 43.4 Å². The number of esters is 1. The third-order valence-electron chi connectivity index (χ3n) is 8.06. The van der Waals surface area contributed by atoms with Crippen molar-refractivity contribution in [1.82, 2.24) is 0 Å². The molecule has 1 aromatic carbocycles. The Morgan fingerprint density at radius 1 is 0.774 bits per heavy atom. The normalized spacial score (nSPS) is 26.5. The molecule has 0 unspecified atom stereocenters. The molecule has 2 fully saturated rings. The fourth-order valence-electron chi connectivity index (χ4n) is 6.02. The minimum absolute atomic E-state index is 0.00604. The molecule has 0 amide bonds. The van der Waals surface area contributed by atoms with Crippen LogP contribution < -0.4 is 4.74 Å². The van der Waals surface area contributed by atoms with Gasteiger partial charge in [-0.15, -0.1) is 0 Å². The lowest BCUT2D eigenvalue weighted by atomic mass is 9.68. The molecule has 0 atom stereocenters. The Bertz CT molecular complexity index is 619. The lowest BCUT2D eigenvalue weighted by molar-refractivity contribution is -0.140. The van der Waals surface area contributed by atoms with E-state index in [1.807, 2.05) is 12.1 Å². The first-order valence-corrected chi connectivity index (χ1v) is 13.5. The van der Waals surface area contributed by atoms with Crippen molar-refractivity contribution in [3.05, 3.63) is 29.8 Å². The van der Waals surface area contributed by atoms with Gasteiger partial charge >= 0.3 is 5.97 Å². The molecule has 2 aliphatic rings. The van der Waals surface area contributed by atoms with Crippen molar-refractivity contribution >= 4 is 5.97 Å². The van der Waals surface area contributed by atoms with Gasteiger partial charge in [-0.1, -0.05) is 83.8 Å². The number of unbranched alkanes of at least 4 members (excludes halogenated alkanes) is 4. The lowest BCUT2D eigenvalue weighted by Gasteiger charge is -2.37. The summed E-state index contributed by atoms with van der Waals surface area (Å²) in [5, 5.41) is 0. The van der Waals surface area contributed by atoms with Crippen LogP contribution in [0.15, 0.2) is 24.3 Å². The zero-order valence-electron chi connectivity index (χ0n) is 20.2. The van der Waals surface area contributed by atoms with Crippen molar-refractivity contribution in [2.45, 2.75) is 117 Å². The number of carbonyl (C=O) groups is 1. The smallest absolute Gasteiger partial charge is 0.314 e. The second-order valence-corrected chi connectivity index (χ2v) is 10.4. The number of rotatable bonds is 11. The van der Waals surface area contributed by atoms with Crippen LogP contribution in [0.3, 0.4) is 0 Å². The molecule has 174 valence electrons. The maximum atomic E-state index is 12.6. The van der Waals surface area contributed by atoms with Gasteiger partial charge in [-0.05, 0) is 80.4 Å². The Labute approximate surface area is 191 Å². The molecule has 0 saturated heterocycles. The molecule has 31 heavy (non-hydrogen) atoms.